The van der Waals surface area contributed by atoms with E-state index < -0.39 is 0 Å². The van der Waals surface area contributed by atoms with Gasteiger partial charge in [-0.15, -0.1) is 0 Å². The second kappa shape index (κ2) is 7.32. The van der Waals surface area contributed by atoms with Gasteiger partial charge in [0.25, 0.3) is 0 Å². The lowest BCUT2D eigenvalue weighted by atomic mass is 9.82. The van der Waals surface area contributed by atoms with Gasteiger partial charge in [-0.05, 0) is 49.3 Å². The number of rotatable bonds is 4. The van der Waals surface area contributed by atoms with Crippen LogP contribution in [0.1, 0.15) is 44.1 Å². The molecule has 3 N–H and O–H groups in total. The lowest BCUT2D eigenvalue weighted by Crippen LogP contribution is -2.50. The number of amides is 1. The fraction of sp³-hybridized carbons (Fsp3) is 0.611. The van der Waals surface area contributed by atoms with E-state index in [0.29, 0.717) is 25.6 Å². The molecule has 1 heterocycles. The van der Waals surface area contributed by atoms with Gasteiger partial charge >= 0.3 is 0 Å². The molecule has 0 radical (unpaired) electrons. The van der Waals surface area contributed by atoms with Crippen LogP contribution in [0.3, 0.4) is 0 Å². The highest BCUT2D eigenvalue weighted by Gasteiger charge is 2.37. The maximum Gasteiger partial charge on any atom is 0.221 e. The number of hydrogen-bond acceptors (Lipinski definition) is 3. The van der Waals surface area contributed by atoms with Crippen molar-refractivity contribution in [2.24, 2.45) is 11.7 Å². The monoisotopic (exact) mass is 380 g/mol. The van der Waals surface area contributed by atoms with E-state index in [9.17, 15) is 4.79 Å². The lowest BCUT2D eigenvalue weighted by molar-refractivity contribution is -0.125. The molecule has 1 aromatic carbocycles. The number of nitrogens with two attached hydrogens (primary N) is 1. The summed E-state index contributed by atoms with van der Waals surface area (Å²) < 4.78 is 6.57. The molecule has 126 valence electrons. The summed E-state index contributed by atoms with van der Waals surface area (Å²) >= 11 is 3.48. The minimum Gasteiger partial charge on any atom is -0.381 e. The van der Waals surface area contributed by atoms with Crippen LogP contribution in [-0.2, 0) is 15.1 Å². The molecule has 4 nitrogen and oxygen atoms in total. The molecule has 1 aliphatic heterocycles. The Morgan fingerprint density at radius 3 is 2.57 bits per heavy atom. The number of hydrogen-bond donors (Lipinski definition) is 2. The molecule has 0 bridgehead atoms. The number of carbonyl (C=O) groups excluding carboxylic acids is 1. The largest absolute Gasteiger partial charge is 0.381 e. The number of carbonyl (C=O) groups is 1. The maximum absolute atomic E-state index is 12.6. The average Bonchev–Trinajstić information content (AvgIpc) is 2.93. The molecule has 5 heteroatoms. The first kappa shape index (κ1) is 16.9. The minimum absolute atomic E-state index is 0.122. The Bertz CT molecular complexity index is 540. The second-order valence-corrected chi connectivity index (χ2v) is 7.72. The average molecular weight is 381 g/mol. The number of ether oxygens (including phenoxy) is 1. The fourth-order valence-corrected chi connectivity index (χ4v) is 4.11. The molecule has 1 aromatic rings. The van der Waals surface area contributed by atoms with Gasteiger partial charge in [-0.3, -0.25) is 4.79 Å². The zero-order valence-electron chi connectivity index (χ0n) is 13.4. The molecule has 0 unspecified atom stereocenters. The molecule has 2 aliphatic rings. The summed E-state index contributed by atoms with van der Waals surface area (Å²) in [5.74, 6) is 0.453. The molecule has 2 atom stereocenters. The summed E-state index contributed by atoms with van der Waals surface area (Å²) in [5.41, 5.74) is 6.97. The molecule has 0 aromatic heterocycles. The number of halogens is 1. The van der Waals surface area contributed by atoms with Crippen molar-refractivity contribution in [3.8, 4) is 0 Å². The first-order chi connectivity index (χ1) is 11.1. The molecular weight excluding hydrogens is 356 g/mol. The quantitative estimate of drug-likeness (QED) is 0.843. The Balaban J connectivity index is 1.73. The van der Waals surface area contributed by atoms with Crippen LogP contribution in [0.5, 0.6) is 0 Å². The van der Waals surface area contributed by atoms with Crippen LogP contribution in [0.25, 0.3) is 0 Å². The molecule has 3 rings (SSSR count). The van der Waals surface area contributed by atoms with Crippen molar-refractivity contribution >= 4 is 21.8 Å². The highest BCUT2D eigenvalue weighted by atomic mass is 79.9. The SMILES string of the molecule is N[C@@H]1CCC[C@H]1CC(=O)NC1(c2ccc(Br)cc2)CCOCC1. The third kappa shape index (κ3) is 3.95. The van der Waals surface area contributed by atoms with E-state index in [1.165, 1.54) is 0 Å². The van der Waals surface area contributed by atoms with Gasteiger partial charge < -0.3 is 15.8 Å². The molecule has 0 spiro atoms. The molecule has 1 aliphatic carbocycles. The third-order valence-electron chi connectivity index (χ3n) is 5.29. The molecular formula is C18H25BrN2O2. The van der Waals surface area contributed by atoms with Gasteiger partial charge in [-0.1, -0.05) is 34.5 Å². The highest BCUT2D eigenvalue weighted by molar-refractivity contribution is 9.10. The van der Waals surface area contributed by atoms with Gasteiger partial charge in [0.05, 0.1) is 5.54 Å². The van der Waals surface area contributed by atoms with Crippen LogP contribution in [0.15, 0.2) is 28.7 Å². The van der Waals surface area contributed by atoms with Gasteiger partial charge in [-0.25, -0.2) is 0 Å². The summed E-state index contributed by atoms with van der Waals surface area (Å²) in [7, 11) is 0. The van der Waals surface area contributed by atoms with Gasteiger partial charge in [0.2, 0.25) is 5.91 Å². The van der Waals surface area contributed by atoms with Crippen LogP contribution in [0.2, 0.25) is 0 Å². The predicted molar refractivity (Wildman–Crippen MR) is 93.9 cm³/mol. The molecule has 1 amide bonds. The molecule has 23 heavy (non-hydrogen) atoms. The Hall–Kier alpha value is -0.910. The highest BCUT2D eigenvalue weighted by Crippen LogP contribution is 2.34. The fourth-order valence-electron chi connectivity index (χ4n) is 3.85. The summed E-state index contributed by atoms with van der Waals surface area (Å²) in [6.07, 6.45) is 5.44. The maximum atomic E-state index is 12.6. The van der Waals surface area contributed by atoms with Gasteiger partial charge in [-0.2, -0.15) is 0 Å². The van der Waals surface area contributed by atoms with Crippen LogP contribution >= 0.6 is 15.9 Å². The first-order valence-electron chi connectivity index (χ1n) is 8.49. The van der Waals surface area contributed by atoms with Crippen LogP contribution in [0.4, 0.5) is 0 Å². The van der Waals surface area contributed by atoms with Crippen LogP contribution in [-0.4, -0.2) is 25.2 Å². The number of nitrogens with one attached hydrogen (secondary N) is 1. The van der Waals surface area contributed by atoms with Crippen LogP contribution in [0, 0.1) is 5.92 Å². The molecule has 1 saturated heterocycles. The van der Waals surface area contributed by atoms with Crippen molar-refractivity contribution in [3.63, 3.8) is 0 Å². The molecule has 1 saturated carbocycles. The Morgan fingerprint density at radius 2 is 1.96 bits per heavy atom. The van der Waals surface area contributed by atoms with E-state index in [2.05, 4.69) is 33.4 Å². The second-order valence-electron chi connectivity index (χ2n) is 6.81. The van der Waals surface area contributed by atoms with Crippen LogP contribution < -0.4 is 11.1 Å². The van der Waals surface area contributed by atoms with E-state index in [1.54, 1.807) is 0 Å². The molecule has 2 fully saturated rings. The topological polar surface area (TPSA) is 64.4 Å². The summed E-state index contributed by atoms with van der Waals surface area (Å²) in [4.78, 5) is 12.6. The van der Waals surface area contributed by atoms with Crippen molar-refractivity contribution in [1.82, 2.24) is 5.32 Å². The van der Waals surface area contributed by atoms with Gasteiger partial charge in [0.15, 0.2) is 0 Å². The normalized spacial score (nSPS) is 26.9. The van der Waals surface area contributed by atoms with E-state index in [-0.39, 0.29) is 17.5 Å². The van der Waals surface area contributed by atoms with Crippen molar-refractivity contribution < 1.29 is 9.53 Å². The van der Waals surface area contributed by atoms with Crippen molar-refractivity contribution in [1.29, 1.82) is 0 Å². The van der Waals surface area contributed by atoms with Crippen molar-refractivity contribution in [2.45, 2.75) is 50.1 Å². The predicted octanol–water partition coefficient (Wildman–Crippen LogP) is 3.09. The van der Waals surface area contributed by atoms with E-state index in [4.69, 9.17) is 10.5 Å². The Kier molecular flexibility index (Phi) is 5.39. The van der Waals surface area contributed by atoms with E-state index in [0.717, 1.165) is 42.1 Å². The van der Waals surface area contributed by atoms with Crippen molar-refractivity contribution in [2.75, 3.05) is 13.2 Å². The number of benzene rings is 1. The zero-order chi connectivity index (χ0) is 16.3. The Labute approximate surface area is 146 Å². The zero-order valence-corrected chi connectivity index (χ0v) is 15.0. The Morgan fingerprint density at radius 1 is 1.26 bits per heavy atom. The smallest absolute Gasteiger partial charge is 0.221 e. The summed E-state index contributed by atoms with van der Waals surface area (Å²) in [5, 5.41) is 3.33. The first-order valence-corrected chi connectivity index (χ1v) is 9.29. The summed E-state index contributed by atoms with van der Waals surface area (Å²) in [6, 6.07) is 8.43. The van der Waals surface area contributed by atoms with E-state index in [1.807, 2.05) is 12.1 Å². The minimum atomic E-state index is -0.307. The van der Waals surface area contributed by atoms with Gasteiger partial charge in [0, 0.05) is 30.1 Å². The third-order valence-corrected chi connectivity index (χ3v) is 5.82. The van der Waals surface area contributed by atoms with Crippen molar-refractivity contribution in [3.05, 3.63) is 34.3 Å². The summed E-state index contributed by atoms with van der Waals surface area (Å²) in [6.45, 7) is 1.36. The van der Waals surface area contributed by atoms with E-state index >= 15 is 0 Å². The lowest BCUT2D eigenvalue weighted by Gasteiger charge is -2.39. The standard InChI is InChI=1S/C18H25BrN2O2/c19-15-6-4-14(5-7-15)18(8-10-23-11-9-18)21-17(22)12-13-2-1-3-16(13)20/h4-7,13,16H,1-3,8-12,20H2,(H,21,22)/t13-,16+/m0/s1. The van der Waals surface area contributed by atoms with Gasteiger partial charge in [0.1, 0.15) is 0 Å².